The summed E-state index contributed by atoms with van der Waals surface area (Å²) in [6.45, 7) is 0.499. The number of nitrogens with one attached hydrogen (secondary N) is 2. The first-order valence-corrected chi connectivity index (χ1v) is 11.9. The molecule has 2 heterocycles. The number of amides is 3. The zero-order chi connectivity index (χ0) is 24.0. The van der Waals surface area contributed by atoms with Crippen LogP contribution in [0.5, 0.6) is 5.75 Å². The lowest BCUT2D eigenvalue weighted by Gasteiger charge is -2.26. The van der Waals surface area contributed by atoms with Crippen molar-refractivity contribution in [1.29, 1.82) is 0 Å². The molecule has 0 radical (unpaired) electrons. The third-order valence-corrected chi connectivity index (χ3v) is 7.71. The van der Waals surface area contributed by atoms with E-state index in [1.165, 1.54) is 0 Å². The van der Waals surface area contributed by atoms with Crippen LogP contribution in [0.25, 0.3) is 10.9 Å². The van der Waals surface area contributed by atoms with Gasteiger partial charge in [-0.1, -0.05) is 6.07 Å². The van der Waals surface area contributed by atoms with Crippen LogP contribution in [-0.2, 0) is 14.4 Å². The Morgan fingerprint density at radius 3 is 2.76 bits per heavy atom. The summed E-state index contributed by atoms with van der Waals surface area (Å²) in [6.07, 6.45) is 4.72. The molecule has 3 fully saturated rings. The van der Waals surface area contributed by atoms with Crippen LogP contribution in [0.1, 0.15) is 55.4 Å². The Kier molecular flexibility index (Phi) is 5.58. The van der Waals surface area contributed by atoms with Crippen LogP contribution >= 0.6 is 0 Å². The molecule has 9 heteroatoms. The van der Waals surface area contributed by atoms with Crippen molar-refractivity contribution >= 4 is 34.4 Å². The average Bonchev–Trinajstić information content (AvgIpc) is 3.14. The van der Waals surface area contributed by atoms with Gasteiger partial charge in [-0.25, -0.2) is 0 Å². The highest BCUT2D eigenvalue weighted by atomic mass is 16.5. The molecule has 3 aliphatic rings. The second-order valence-electron chi connectivity index (χ2n) is 10.0. The Bertz CT molecular complexity index is 1170. The molecule has 1 saturated heterocycles. The fourth-order valence-electron chi connectivity index (χ4n) is 5.55. The summed E-state index contributed by atoms with van der Waals surface area (Å²) in [4.78, 5) is 55.7. The highest BCUT2D eigenvalue weighted by Gasteiger charge is 2.55. The van der Waals surface area contributed by atoms with Gasteiger partial charge in [0.2, 0.25) is 11.8 Å². The maximum Gasteiger partial charge on any atom is 0.271 e. The zero-order valence-corrected chi connectivity index (χ0v) is 19.3. The first-order chi connectivity index (χ1) is 16.3. The van der Waals surface area contributed by atoms with Crippen molar-refractivity contribution in [3.05, 3.63) is 30.0 Å². The van der Waals surface area contributed by atoms with Crippen LogP contribution in [-0.4, -0.2) is 59.1 Å². The fourth-order valence-corrected chi connectivity index (χ4v) is 5.55. The van der Waals surface area contributed by atoms with Gasteiger partial charge in [0.1, 0.15) is 29.3 Å². The van der Waals surface area contributed by atoms with Crippen LogP contribution in [0.15, 0.2) is 24.3 Å². The molecular weight excluding hydrogens is 436 g/mol. The normalized spacial score (nSPS) is 23.9. The summed E-state index contributed by atoms with van der Waals surface area (Å²) in [5, 5.41) is 3.56. The lowest BCUT2D eigenvalue weighted by Crippen LogP contribution is -2.53. The molecule has 0 bridgehead atoms. The van der Waals surface area contributed by atoms with Crippen LogP contribution in [0.3, 0.4) is 0 Å². The predicted molar refractivity (Wildman–Crippen MR) is 124 cm³/mol. The van der Waals surface area contributed by atoms with Crippen molar-refractivity contribution in [3.63, 3.8) is 0 Å². The molecule has 180 valence electrons. The molecule has 1 aliphatic heterocycles. The molecule has 2 aromatic rings. The number of fused-ring (bicyclic) bond motifs is 1. The summed E-state index contributed by atoms with van der Waals surface area (Å²) in [7, 11) is 1.58. The van der Waals surface area contributed by atoms with Crippen molar-refractivity contribution in [2.45, 2.75) is 57.0 Å². The van der Waals surface area contributed by atoms with E-state index in [2.05, 4.69) is 10.3 Å². The van der Waals surface area contributed by atoms with Gasteiger partial charge in [0, 0.05) is 29.8 Å². The Balaban J connectivity index is 1.36. The van der Waals surface area contributed by atoms with Gasteiger partial charge >= 0.3 is 0 Å². The van der Waals surface area contributed by atoms with E-state index in [9.17, 15) is 19.2 Å². The summed E-state index contributed by atoms with van der Waals surface area (Å²) in [5.74, 6) is -0.788. The van der Waals surface area contributed by atoms with E-state index in [1.807, 2.05) is 18.2 Å². The summed E-state index contributed by atoms with van der Waals surface area (Å²) >= 11 is 0. The number of ether oxygens (including phenoxy) is 1. The maximum atomic E-state index is 13.5. The number of carbonyl (C=O) groups is 4. The number of carbonyl (C=O) groups excluding carboxylic acids is 4. The lowest BCUT2D eigenvalue weighted by molar-refractivity contribution is -0.130. The average molecular weight is 467 g/mol. The van der Waals surface area contributed by atoms with Crippen molar-refractivity contribution in [1.82, 2.24) is 15.2 Å². The molecule has 1 aromatic carbocycles. The number of hydrogen-bond acceptors (Lipinski definition) is 5. The number of ketones is 1. The molecule has 2 saturated carbocycles. The number of aromatic amines is 1. The minimum atomic E-state index is -0.926. The number of H-pyrrole nitrogens is 1. The third kappa shape index (κ3) is 4.03. The highest BCUT2D eigenvalue weighted by molar-refractivity contribution is 6.02. The van der Waals surface area contributed by atoms with E-state index >= 15 is 0 Å². The van der Waals surface area contributed by atoms with Crippen LogP contribution < -0.4 is 15.8 Å². The van der Waals surface area contributed by atoms with Crippen LogP contribution in [0.2, 0.25) is 0 Å². The number of benzene rings is 1. The summed E-state index contributed by atoms with van der Waals surface area (Å²) in [5.41, 5.74) is 6.69. The summed E-state index contributed by atoms with van der Waals surface area (Å²) in [6, 6.07) is 5.67. The molecule has 34 heavy (non-hydrogen) atoms. The molecule has 1 spiro atoms. The monoisotopic (exact) mass is 466 g/mol. The zero-order valence-electron chi connectivity index (χ0n) is 19.3. The molecule has 9 nitrogen and oxygen atoms in total. The number of nitrogens with zero attached hydrogens (tertiary/aromatic N) is 1. The Morgan fingerprint density at radius 2 is 2.12 bits per heavy atom. The molecule has 3 amide bonds. The van der Waals surface area contributed by atoms with E-state index in [0.29, 0.717) is 37.3 Å². The van der Waals surface area contributed by atoms with Gasteiger partial charge in [-0.2, -0.15) is 0 Å². The third-order valence-electron chi connectivity index (χ3n) is 7.71. The molecule has 2 aliphatic carbocycles. The van der Waals surface area contributed by atoms with Crippen molar-refractivity contribution in [3.8, 4) is 5.75 Å². The highest BCUT2D eigenvalue weighted by Crippen LogP contribution is 2.55. The Labute approximate surface area is 197 Å². The molecule has 4 N–H and O–H groups in total. The second kappa shape index (κ2) is 8.45. The number of hydrogen-bond donors (Lipinski definition) is 3. The Morgan fingerprint density at radius 1 is 1.32 bits per heavy atom. The maximum absolute atomic E-state index is 13.5. The lowest BCUT2D eigenvalue weighted by atomic mass is 9.96. The van der Waals surface area contributed by atoms with Gasteiger partial charge in [-0.3, -0.25) is 19.2 Å². The van der Waals surface area contributed by atoms with Gasteiger partial charge < -0.3 is 25.7 Å². The minimum Gasteiger partial charge on any atom is -0.496 e. The SMILES string of the molecule is COc1cccc2[nH]c(C(=O)N3CC4(CC4)C[C@H]3C(=O)N[C@@H](C[C@@H]3CCCC3=O)C(N)=O)cc12. The number of aromatic nitrogens is 1. The van der Waals surface area contributed by atoms with Crippen molar-refractivity contribution in [2.24, 2.45) is 17.1 Å². The van der Waals surface area contributed by atoms with Gasteiger partial charge in [0.15, 0.2) is 0 Å². The minimum absolute atomic E-state index is 0.0367. The Hall–Kier alpha value is -3.36. The number of methoxy groups -OCH3 is 1. The first-order valence-electron chi connectivity index (χ1n) is 11.9. The van der Waals surface area contributed by atoms with E-state index in [1.54, 1.807) is 18.1 Å². The van der Waals surface area contributed by atoms with Crippen LogP contribution in [0, 0.1) is 11.3 Å². The predicted octanol–water partition coefficient (Wildman–Crippen LogP) is 1.90. The van der Waals surface area contributed by atoms with E-state index < -0.39 is 18.0 Å². The van der Waals surface area contributed by atoms with Gasteiger partial charge in [-0.15, -0.1) is 0 Å². The molecule has 1 aromatic heterocycles. The topological polar surface area (TPSA) is 135 Å². The van der Waals surface area contributed by atoms with E-state index in [-0.39, 0.29) is 35.4 Å². The van der Waals surface area contributed by atoms with Crippen molar-refractivity contribution < 1.29 is 23.9 Å². The quantitative estimate of drug-likeness (QED) is 0.573. The number of primary amides is 1. The number of Topliss-reactive ketones (excluding diaryl/α,β-unsaturated/α-hetero) is 1. The molecule has 0 unspecified atom stereocenters. The fraction of sp³-hybridized carbons (Fsp3) is 0.520. The number of nitrogens with two attached hydrogens (primary N) is 1. The molecule has 5 rings (SSSR count). The number of likely N-dealkylation sites (tertiary alicyclic amines) is 1. The molecular formula is C25H30N4O5. The summed E-state index contributed by atoms with van der Waals surface area (Å²) < 4.78 is 5.40. The number of rotatable bonds is 7. The van der Waals surface area contributed by atoms with Gasteiger partial charge in [0.25, 0.3) is 5.91 Å². The van der Waals surface area contributed by atoms with E-state index in [4.69, 9.17) is 10.5 Å². The smallest absolute Gasteiger partial charge is 0.271 e. The standard InChI is InChI=1S/C25H30N4O5/c1-34-21-7-3-5-16-15(21)11-18(27-16)24(33)29-13-25(8-9-25)12-19(29)23(32)28-17(22(26)31)10-14-4-2-6-20(14)30/h3,5,7,11,14,17,19,27H,2,4,6,8-10,12-13H2,1H3,(H2,26,31)(H,28,32)/t14-,17-,19-/m0/s1. The van der Waals surface area contributed by atoms with Crippen molar-refractivity contribution in [2.75, 3.05) is 13.7 Å². The largest absolute Gasteiger partial charge is 0.496 e. The van der Waals surface area contributed by atoms with Gasteiger partial charge in [0.05, 0.1) is 7.11 Å². The second-order valence-corrected chi connectivity index (χ2v) is 10.0. The van der Waals surface area contributed by atoms with Crippen LogP contribution in [0.4, 0.5) is 0 Å². The van der Waals surface area contributed by atoms with Gasteiger partial charge in [-0.05, 0) is 62.1 Å². The first kappa shape index (κ1) is 22.4. The van der Waals surface area contributed by atoms with E-state index in [0.717, 1.165) is 30.2 Å². The molecule has 3 atom stereocenters.